The van der Waals surface area contributed by atoms with E-state index >= 15 is 0 Å². The van der Waals surface area contributed by atoms with E-state index in [1.807, 2.05) is 25.7 Å². The fraction of sp³-hybridized carbons (Fsp3) is 0.562. The number of hydrogen-bond donors (Lipinski definition) is 0. The van der Waals surface area contributed by atoms with E-state index in [9.17, 15) is 4.79 Å². The fourth-order valence-corrected chi connectivity index (χ4v) is 2.80. The van der Waals surface area contributed by atoms with Crippen LogP contribution in [-0.2, 0) is 17.6 Å². The molecule has 0 saturated heterocycles. The molecular weight excluding hydrogens is 270 g/mol. The van der Waals surface area contributed by atoms with Gasteiger partial charge in [-0.1, -0.05) is 6.07 Å². The average Bonchev–Trinajstić information content (AvgIpc) is 2.58. The molecule has 0 N–H and O–H groups in total. The lowest BCUT2D eigenvalue weighted by Crippen LogP contribution is -2.38. The van der Waals surface area contributed by atoms with E-state index in [1.54, 1.807) is 11.8 Å². The lowest BCUT2D eigenvalue weighted by Gasteiger charge is -2.26. The van der Waals surface area contributed by atoms with Crippen LogP contribution in [0.4, 0.5) is 4.79 Å². The zero-order valence-corrected chi connectivity index (χ0v) is 13.5. The third-order valence-corrected chi connectivity index (χ3v) is 4.09. The molecule has 1 aliphatic rings. The van der Waals surface area contributed by atoms with Crippen molar-refractivity contribution in [3.8, 4) is 0 Å². The maximum Gasteiger partial charge on any atom is 0.410 e. The summed E-state index contributed by atoms with van der Waals surface area (Å²) in [4.78, 5) is 15.3. The van der Waals surface area contributed by atoms with E-state index in [1.165, 1.54) is 16.0 Å². The highest BCUT2D eigenvalue weighted by atomic mass is 32.2. The predicted octanol–water partition coefficient (Wildman–Crippen LogP) is 3.74. The molecule has 0 radical (unpaired) electrons. The number of benzene rings is 1. The first-order valence-corrected chi connectivity index (χ1v) is 8.25. The minimum Gasteiger partial charge on any atom is -0.444 e. The molecule has 20 heavy (non-hydrogen) atoms. The lowest BCUT2D eigenvalue weighted by molar-refractivity contribution is 0.0258. The molecule has 0 spiro atoms. The Balaban J connectivity index is 2.06. The summed E-state index contributed by atoms with van der Waals surface area (Å²) < 4.78 is 5.46. The number of thioether (sulfide) groups is 1. The number of carbonyl (C=O) groups excluding carboxylic acids is 1. The molecule has 0 atom stereocenters. The molecule has 4 heteroatoms. The largest absolute Gasteiger partial charge is 0.444 e. The first-order chi connectivity index (χ1) is 9.39. The van der Waals surface area contributed by atoms with Gasteiger partial charge in [0.25, 0.3) is 0 Å². The van der Waals surface area contributed by atoms with Gasteiger partial charge in [0, 0.05) is 18.0 Å². The van der Waals surface area contributed by atoms with Crippen molar-refractivity contribution in [2.45, 2.75) is 44.1 Å². The smallest absolute Gasteiger partial charge is 0.410 e. The van der Waals surface area contributed by atoms with Crippen LogP contribution in [-0.4, -0.2) is 35.9 Å². The molecule has 1 heterocycles. The van der Waals surface area contributed by atoms with Crippen LogP contribution in [0.1, 0.15) is 31.9 Å². The number of rotatable bonds is 1. The lowest BCUT2D eigenvalue weighted by atomic mass is 10.0. The summed E-state index contributed by atoms with van der Waals surface area (Å²) in [6.45, 7) is 7.19. The van der Waals surface area contributed by atoms with Gasteiger partial charge in [-0.15, -0.1) is 11.8 Å². The van der Waals surface area contributed by atoms with Crippen molar-refractivity contribution in [1.29, 1.82) is 0 Å². The number of amides is 1. The summed E-state index contributed by atoms with van der Waals surface area (Å²) in [6.07, 6.45) is 3.70. The molecule has 0 aliphatic carbocycles. The van der Waals surface area contributed by atoms with Crippen LogP contribution in [0.15, 0.2) is 23.1 Å². The van der Waals surface area contributed by atoms with Gasteiger partial charge in [0.2, 0.25) is 0 Å². The molecule has 0 unspecified atom stereocenters. The summed E-state index contributed by atoms with van der Waals surface area (Å²) in [5, 5.41) is 0. The molecule has 0 bridgehead atoms. The Hall–Kier alpha value is -1.16. The molecular formula is C16H23NO2S. The molecule has 1 aromatic carbocycles. The fourth-order valence-electron chi connectivity index (χ4n) is 2.34. The van der Waals surface area contributed by atoms with Crippen molar-refractivity contribution in [3.05, 3.63) is 29.3 Å². The standard InChI is InChI=1S/C16H23NO2S/c1-16(2,3)19-15(18)17-9-7-12-5-6-14(20-4)11-13(12)8-10-17/h5-6,11H,7-10H2,1-4H3. The Labute approximate surface area is 125 Å². The van der Waals surface area contributed by atoms with E-state index in [-0.39, 0.29) is 6.09 Å². The van der Waals surface area contributed by atoms with E-state index < -0.39 is 5.60 Å². The van der Waals surface area contributed by atoms with Gasteiger partial charge in [-0.3, -0.25) is 0 Å². The van der Waals surface area contributed by atoms with Gasteiger partial charge in [-0.05, 0) is 63.1 Å². The molecule has 3 nitrogen and oxygen atoms in total. The molecule has 1 aromatic rings. The van der Waals surface area contributed by atoms with Gasteiger partial charge in [-0.2, -0.15) is 0 Å². The number of carbonyl (C=O) groups is 1. The van der Waals surface area contributed by atoms with Crippen LogP contribution in [0.5, 0.6) is 0 Å². The molecule has 1 amide bonds. The first-order valence-electron chi connectivity index (χ1n) is 7.03. The van der Waals surface area contributed by atoms with Crippen LogP contribution in [0.25, 0.3) is 0 Å². The molecule has 0 saturated carbocycles. The van der Waals surface area contributed by atoms with Crippen molar-refractivity contribution in [3.63, 3.8) is 0 Å². The Morgan fingerprint density at radius 3 is 2.45 bits per heavy atom. The summed E-state index contributed by atoms with van der Waals surface area (Å²) in [7, 11) is 0. The maximum absolute atomic E-state index is 12.1. The minimum absolute atomic E-state index is 0.199. The summed E-state index contributed by atoms with van der Waals surface area (Å²) >= 11 is 1.76. The van der Waals surface area contributed by atoms with Gasteiger partial charge in [0.05, 0.1) is 0 Å². The van der Waals surface area contributed by atoms with Crippen LogP contribution < -0.4 is 0 Å². The molecule has 1 aliphatic heterocycles. The zero-order chi connectivity index (χ0) is 14.8. The zero-order valence-electron chi connectivity index (χ0n) is 12.7. The Morgan fingerprint density at radius 2 is 1.85 bits per heavy atom. The maximum atomic E-state index is 12.1. The molecule has 0 fully saturated rings. The topological polar surface area (TPSA) is 29.5 Å². The summed E-state index contributed by atoms with van der Waals surface area (Å²) in [6, 6.07) is 6.60. The second kappa shape index (κ2) is 6.08. The van der Waals surface area contributed by atoms with Crippen molar-refractivity contribution in [1.82, 2.24) is 4.90 Å². The second-order valence-corrected chi connectivity index (χ2v) is 6.98. The third-order valence-electron chi connectivity index (χ3n) is 3.37. The van der Waals surface area contributed by atoms with Crippen LogP contribution in [0, 0.1) is 0 Å². The highest BCUT2D eigenvalue weighted by Gasteiger charge is 2.24. The SMILES string of the molecule is CSc1ccc2c(c1)CCN(C(=O)OC(C)(C)C)CC2. The molecule has 2 rings (SSSR count). The Bertz CT molecular complexity index is 494. The Morgan fingerprint density at radius 1 is 1.20 bits per heavy atom. The van der Waals surface area contributed by atoms with Gasteiger partial charge in [-0.25, -0.2) is 4.79 Å². The average molecular weight is 293 g/mol. The number of nitrogens with zero attached hydrogens (tertiary/aromatic N) is 1. The summed E-state index contributed by atoms with van der Waals surface area (Å²) in [5.74, 6) is 0. The molecule has 0 aromatic heterocycles. The summed E-state index contributed by atoms with van der Waals surface area (Å²) in [5.41, 5.74) is 2.29. The normalized spacial score (nSPS) is 15.5. The monoisotopic (exact) mass is 293 g/mol. The number of fused-ring (bicyclic) bond motifs is 1. The quantitative estimate of drug-likeness (QED) is 0.739. The van der Waals surface area contributed by atoms with Gasteiger partial charge < -0.3 is 9.64 Å². The van der Waals surface area contributed by atoms with Crippen molar-refractivity contribution >= 4 is 17.9 Å². The van der Waals surface area contributed by atoms with E-state index in [4.69, 9.17) is 4.74 Å². The highest BCUT2D eigenvalue weighted by molar-refractivity contribution is 7.98. The third kappa shape index (κ3) is 3.92. The van der Waals surface area contributed by atoms with E-state index in [0.717, 1.165) is 25.9 Å². The van der Waals surface area contributed by atoms with E-state index in [2.05, 4.69) is 24.5 Å². The highest BCUT2D eigenvalue weighted by Crippen LogP contribution is 2.23. The van der Waals surface area contributed by atoms with Crippen molar-refractivity contribution in [2.24, 2.45) is 0 Å². The van der Waals surface area contributed by atoms with Crippen molar-refractivity contribution in [2.75, 3.05) is 19.3 Å². The van der Waals surface area contributed by atoms with Crippen LogP contribution in [0.2, 0.25) is 0 Å². The number of hydrogen-bond acceptors (Lipinski definition) is 3. The van der Waals surface area contributed by atoms with Gasteiger partial charge in [0.1, 0.15) is 5.60 Å². The minimum atomic E-state index is -0.428. The van der Waals surface area contributed by atoms with Gasteiger partial charge >= 0.3 is 6.09 Å². The number of ether oxygens (including phenoxy) is 1. The molecule has 110 valence electrons. The van der Waals surface area contributed by atoms with E-state index in [0.29, 0.717) is 0 Å². The van der Waals surface area contributed by atoms with Crippen LogP contribution in [0.3, 0.4) is 0 Å². The first kappa shape index (κ1) is 15.2. The van der Waals surface area contributed by atoms with Crippen molar-refractivity contribution < 1.29 is 9.53 Å². The second-order valence-electron chi connectivity index (χ2n) is 6.10. The predicted molar refractivity (Wildman–Crippen MR) is 83.4 cm³/mol. The van der Waals surface area contributed by atoms with Gasteiger partial charge in [0.15, 0.2) is 0 Å². The van der Waals surface area contributed by atoms with Crippen LogP contribution >= 0.6 is 11.8 Å². The Kier molecular flexibility index (Phi) is 4.63.